The van der Waals surface area contributed by atoms with Gasteiger partial charge in [-0.2, -0.15) is 0 Å². The molecule has 0 radical (unpaired) electrons. The lowest BCUT2D eigenvalue weighted by molar-refractivity contribution is 0.0621. The highest BCUT2D eigenvalue weighted by Gasteiger charge is 2.30. The summed E-state index contributed by atoms with van der Waals surface area (Å²) in [6, 6.07) is 1.29. The molecule has 1 saturated heterocycles. The van der Waals surface area contributed by atoms with Crippen LogP contribution >= 0.6 is 0 Å². The van der Waals surface area contributed by atoms with Crippen molar-refractivity contribution in [1.82, 2.24) is 9.62 Å². The molecular weight excluding hydrogens is 294 g/mol. The molecule has 1 aliphatic heterocycles. The Kier molecular flexibility index (Phi) is 4.70. The van der Waals surface area contributed by atoms with Gasteiger partial charge in [0.05, 0.1) is 5.56 Å². The largest absolute Gasteiger partial charge is 0.448 e. The highest BCUT2D eigenvalue weighted by atomic mass is 32.2. The van der Waals surface area contributed by atoms with Crippen molar-refractivity contribution in [3.63, 3.8) is 0 Å². The van der Waals surface area contributed by atoms with Gasteiger partial charge in [0.2, 0.25) is 5.09 Å². The van der Waals surface area contributed by atoms with Crippen LogP contribution in [0.25, 0.3) is 0 Å². The maximum absolute atomic E-state index is 12.6. The lowest BCUT2D eigenvalue weighted by atomic mass is 10.0. The Morgan fingerprint density at radius 3 is 2.86 bits per heavy atom. The number of aryl methyl sites for hydroxylation is 1. The molecule has 1 aromatic rings. The molecule has 1 amide bonds. The van der Waals surface area contributed by atoms with E-state index in [9.17, 15) is 13.2 Å². The molecule has 2 rings (SSSR count). The van der Waals surface area contributed by atoms with Crippen LogP contribution in [0.3, 0.4) is 0 Å². The minimum Gasteiger partial charge on any atom is -0.448 e. The first-order chi connectivity index (χ1) is 9.90. The summed E-state index contributed by atoms with van der Waals surface area (Å²) in [5, 5.41) is -0.243. The number of carbonyl (C=O) groups excluding carboxylic acids is 1. The van der Waals surface area contributed by atoms with Crippen LogP contribution in [0.1, 0.15) is 35.4 Å². The number of sulfonamides is 1. The number of amides is 1. The lowest BCUT2D eigenvalue weighted by Crippen LogP contribution is -2.47. The fraction of sp³-hybridized carbons (Fsp3) is 0.615. The van der Waals surface area contributed by atoms with Crippen LogP contribution in [-0.4, -0.2) is 45.4 Å². The zero-order chi connectivity index (χ0) is 15.6. The van der Waals surface area contributed by atoms with Gasteiger partial charge in [0.25, 0.3) is 15.9 Å². The first-order valence-electron chi connectivity index (χ1n) is 6.95. The predicted molar refractivity (Wildman–Crippen MR) is 77.4 cm³/mol. The van der Waals surface area contributed by atoms with E-state index < -0.39 is 10.0 Å². The molecule has 7 nitrogen and oxygen atoms in total. The van der Waals surface area contributed by atoms with E-state index in [0.717, 1.165) is 19.3 Å². The van der Waals surface area contributed by atoms with Crippen LogP contribution in [0.5, 0.6) is 0 Å². The van der Waals surface area contributed by atoms with E-state index in [1.807, 2.05) is 0 Å². The summed E-state index contributed by atoms with van der Waals surface area (Å²) in [5.41, 5.74) is 6.00. The van der Waals surface area contributed by atoms with E-state index in [1.165, 1.54) is 13.1 Å². The number of furan rings is 1. The molecule has 0 bridgehead atoms. The lowest BCUT2D eigenvalue weighted by Gasteiger charge is -2.34. The fourth-order valence-electron chi connectivity index (χ4n) is 2.57. The van der Waals surface area contributed by atoms with Crippen LogP contribution in [0.4, 0.5) is 0 Å². The van der Waals surface area contributed by atoms with Crippen molar-refractivity contribution >= 4 is 15.9 Å². The molecule has 118 valence electrons. The second kappa shape index (κ2) is 6.17. The van der Waals surface area contributed by atoms with Crippen LogP contribution in [0, 0.1) is 6.92 Å². The molecule has 1 aliphatic rings. The number of hydrogen-bond donors (Lipinski definition) is 2. The summed E-state index contributed by atoms with van der Waals surface area (Å²) in [6.07, 6.45) is 2.86. The highest BCUT2D eigenvalue weighted by molar-refractivity contribution is 7.89. The minimum absolute atomic E-state index is 0.00454. The van der Waals surface area contributed by atoms with E-state index in [-0.39, 0.29) is 22.6 Å². The molecule has 1 aromatic heterocycles. The number of hydrogen-bond acceptors (Lipinski definition) is 5. The number of nitrogens with two attached hydrogens (primary N) is 1. The topological polar surface area (TPSA) is 106 Å². The van der Waals surface area contributed by atoms with Gasteiger partial charge in [-0.1, -0.05) is 0 Å². The number of piperidine rings is 1. The number of carbonyl (C=O) groups is 1. The summed E-state index contributed by atoms with van der Waals surface area (Å²) in [4.78, 5) is 14.3. The molecule has 0 saturated carbocycles. The van der Waals surface area contributed by atoms with Crippen molar-refractivity contribution < 1.29 is 17.6 Å². The maximum atomic E-state index is 12.6. The molecule has 1 unspecified atom stereocenters. The van der Waals surface area contributed by atoms with Crippen LogP contribution in [-0.2, 0) is 10.0 Å². The van der Waals surface area contributed by atoms with Crippen molar-refractivity contribution in [1.29, 1.82) is 0 Å². The molecule has 1 fully saturated rings. The van der Waals surface area contributed by atoms with Gasteiger partial charge in [0, 0.05) is 25.2 Å². The van der Waals surface area contributed by atoms with Crippen LogP contribution < -0.4 is 10.5 Å². The van der Waals surface area contributed by atoms with Crippen molar-refractivity contribution in [2.75, 3.05) is 20.1 Å². The molecule has 0 aliphatic carbocycles. The molecule has 1 atom stereocenters. The standard InChI is InChI=1S/C13H21N3O4S/c1-9-11(7-12(20-9)21(18,19)15-2)13(17)16-6-4-3-5-10(16)8-14/h7,10,15H,3-6,8,14H2,1-2H3. The number of rotatable bonds is 4. The summed E-state index contributed by atoms with van der Waals surface area (Å²) in [6.45, 7) is 2.63. The number of likely N-dealkylation sites (tertiary alicyclic amines) is 1. The third kappa shape index (κ3) is 3.12. The van der Waals surface area contributed by atoms with E-state index in [4.69, 9.17) is 10.2 Å². The van der Waals surface area contributed by atoms with E-state index in [0.29, 0.717) is 18.8 Å². The van der Waals surface area contributed by atoms with Gasteiger partial charge in [-0.25, -0.2) is 13.1 Å². The molecular formula is C13H21N3O4S. The monoisotopic (exact) mass is 315 g/mol. The van der Waals surface area contributed by atoms with Gasteiger partial charge in [-0.05, 0) is 33.2 Å². The zero-order valence-corrected chi connectivity index (χ0v) is 13.1. The molecule has 2 heterocycles. The van der Waals surface area contributed by atoms with Crippen molar-refractivity contribution in [3.05, 3.63) is 17.4 Å². The van der Waals surface area contributed by atoms with E-state index >= 15 is 0 Å². The Balaban J connectivity index is 2.31. The molecule has 0 spiro atoms. The van der Waals surface area contributed by atoms with Gasteiger partial charge >= 0.3 is 0 Å². The Hall–Kier alpha value is -1.38. The number of nitrogens with zero attached hydrogens (tertiary/aromatic N) is 1. The smallest absolute Gasteiger partial charge is 0.273 e. The average Bonchev–Trinajstić information content (AvgIpc) is 2.89. The molecule has 8 heteroatoms. The van der Waals surface area contributed by atoms with Gasteiger partial charge in [0.1, 0.15) is 5.76 Å². The Bertz CT molecular complexity index is 623. The molecule has 0 aromatic carbocycles. The zero-order valence-electron chi connectivity index (χ0n) is 12.3. The maximum Gasteiger partial charge on any atom is 0.273 e. The van der Waals surface area contributed by atoms with Gasteiger partial charge < -0.3 is 15.1 Å². The molecule has 3 N–H and O–H groups in total. The first-order valence-corrected chi connectivity index (χ1v) is 8.44. The van der Waals surface area contributed by atoms with E-state index in [2.05, 4.69) is 4.72 Å². The van der Waals surface area contributed by atoms with Crippen molar-refractivity contribution in [2.24, 2.45) is 5.73 Å². The van der Waals surface area contributed by atoms with Crippen LogP contribution in [0.15, 0.2) is 15.6 Å². The van der Waals surface area contributed by atoms with Gasteiger partial charge in [-0.15, -0.1) is 0 Å². The predicted octanol–water partition coefficient (Wildman–Crippen LogP) is 0.450. The fourth-order valence-corrected chi connectivity index (χ4v) is 3.28. The quantitative estimate of drug-likeness (QED) is 0.839. The summed E-state index contributed by atoms with van der Waals surface area (Å²) >= 11 is 0. The summed E-state index contributed by atoms with van der Waals surface area (Å²) < 4.78 is 30.9. The Labute approximate surface area is 124 Å². The van der Waals surface area contributed by atoms with Gasteiger partial charge in [0.15, 0.2) is 0 Å². The second-order valence-corrected chi connectivity index (χ2v) is 6.94. The third-order valence-electron chi connectivity index (χ3n) is 3.82. The average molecular weight is 315 g/mol. The molecule has 21 heavy (non-hydrogen) atoms. The normalized spacial score (nSPS) is 19.8. The van der Waals surface area contributed by atoms with Crippen LogP contribution in [0.2, 0.25) is 0 Å². The third-order valence-corrected chi connectivity index (χ3v) is 5.09. The second-order valence-electron chi connectivity index (χ2n) is 5.13. The van der Waals surface area contributed by atoms with Crippen molar-refractivity contribution in [2.45, 2.75) is 37.3 Å². The first kappa shape index (κ1) is 16.0. The summed E-state index contributed by atoms with van der Waals surface area (Å²) in [5.74, 6) is 0.0825. The Morgan fingerprint density at radius 1 is 1.52 bits per heavy atom. The Morgan fingerprint density at radius 2 is 2.24 bits per heavy atom. The van der Waals surface area contributed by atoms with Gasteiger partial charge in [-0.3, -0.25) is 4.79 Å². The summed E-state index contributed by atoms with van der Waals surface area (Å²) in [7, 11) is -2.40. The van der Waals surface area contributed by atoms with E-state index in [1.54, 1.807) is 11.8 Å². The number of nitrogens with one attached hydrogen (secondary N) is 1. The highest BCUT2D eigenvalue weighted by Crippen LogP contribution is 2.24. The minimum atomic E-state index is -3.70. The van der Waals surface area contributed by atoms with Crippen molar-refractivity contribution in [3.8, 4) is 0 Å². The SMILES string of the molecule is CNS(=O)(=O)c1cc(C(=O)N2CCCCC2CN)c(C)o1.